The Labute approximate surface area is 115 Å². The van der Waals surface area contributed by atoms with Crippen LogP contribution in [0.2, 0.25) is 0 Å². The van der Waals surface area contributed by atoms with E-state index >= 15 is 0 Å². The number of hydrogen-bond donors (Lipinski definition) is 1. The summed E-state index contributed by atoms with van der Waals surface area (Å²) in [4.78, 5) is 14.9. The smallest absolute Gasteiger partial charge is 0.264 e. The summed E-state index contributed by atoms with van der Waals surface area (Å²) in [5.41, 5.74) is 0. The van der Waals surface area contributed by atoms with Gasteiger partial charge in [0, 0.05) is 22.5 Å². The van der Waals surface area contributed by atoms with Crippen LogP contribution in [0, 0.1) is 0 Å². The highest BCUT2D eigenvalue weighted by Gasteiger charge is 2.17. The van der Waals surface area contributed by atoms with Crippen LogP contribution in [0.5, 0.6) is 0 Å². The minimum absolute atomic E-state index is 0.0230. The van der Waals surface area contributed by atoms with E-state index in [4.69, 9.17) is 5.11 Å². The van der Waals surface area contributed by atoms with Gasteiger partial charge >= 0.3 is 0 Å². The summed E-state index contributed by atoms with van der Waals surface area (Å²) in [6.07, 6.45) is 2.03. The number of carbonyl (C=O) groups is 1. The molecule has 18 heavy (non-hydrogen) atoms. The van der Waals surface area contributed by atoms with Crippen LogP contribution in [0.1, 0.15) is 29.4 Å². The van der Waals surface area contributed by atoms with Crippen molar-refractivity contribution in [2.24, 2.45) is 0 Å². The van der Waals surface area contributed by atoms with E-state index in [0.29, 0.717) is 6.54 Å². The number of hydrogen-bond acceptors (Lipinski definition) is 4. The number of unbranched alkanes of at least 4 members (excludes halogenated alkanes) is 1. The molecule has 2 aromatic heterocycles. The molecule has 0 fully saturated rings. The van der Waals surface area contributed by atoms with Crippen molar-refractivity contribution in [3.8, 4) is 0 Å². The highest BCUT2D eigenvalue weighted by atomic mass is 32.1. The molecule has 2 aromatic rings. The molecule has 5 heteroatoms. The Kier molecular flexibility index (Phi) is 4.74. The molecule has 0 aliphatic heterocycles. The summed E-state index contributed by atoms with van der Waals surface area (Å²) in [7, 11) is 0. The van der Waals surface area contributed by atoms with E-state index < -0.39 is 0 Å². The first-order chi connectivity index (χ1) is 8.76. The molecule has 0 aromatic carbocycles. The minimum Gasteiger partial charge on any atom is -0.395 e. The lowest BCUT2D eigenvalue weighted by atomic mass is 10.3. The molecule has 98 valence electrons. The number of nitrogens with zero attached hydrogens (tertiary/aromatic N) is 1. The Hall–Kier alpha value is -0.910. The summed E-state index contributed by atoms with van der Waals surface area (Å²) < 4.78 is 2.34. The average molecular weight is 283 g/mol. The van der Waals surface area contributed by atoms with Gasteiger partial charge in [-0.15, -0.1) is 22.7 Å². The van der Waals surface area contributed by atoms with Gasteiger partial charge in [0.15, 0.2) is 0 Å². The van der Waals surface area contributed by atoms with Crippen molar-refractivity contribution in [3.63, 3.8) is 0 Å². The molecule has 2 rings (SSSR count). The van der Waals surface area contributed by atoms with Crippen LogP contribution < -0.4 is 0 Å². The van der Waals surface area contributed by atoms with Crippen molar-refractivity contribution < 1.29 is 9.90 Å². The fourth-order valence-electron chi connectivity index (χ4n) is 1.81. The Morgan fingerprint density at radius 1 is 1.39 bits per heavy atom. The number of aliphatic hydroxyl groups is 1. The molecular formula is C13H17NO2S2. The van der Waals surface area contributed by atoms with E-state index in [-0.39, 0.29) is 12.5 Å². The molecule has 0 aliphatic rings. The third-order valence-corrected chi connectivity index (χ3v) is 4.87. The van der Waals surface area contributed by atoms with Gasteiger partial charge in [0.25, 0.3) is 5.91 Å². The first-order valence-electron chi connectivity index (χ1n) is 6.13. The molecule has 0 unspecified atom stereocenters. The molecule has 0 spiro atoms. The van der Waals surface area contributed by atoms with Gasteiger partial charge in [-0.25, -0.2) is 0 Å². The molecule has 2 heterocycles. The Balaban J connectivity index is 2.13. The number of carbonyl (C=O) groups excluding carboxylic acids is 1. The van der Waals surface area contributed by atoms with Gasteiger partial charge in [0.2, 0.25) is 0 Å². The van der Waals surface area contributed by atoms with Crippen molar-refractivity contribution in [3.05, 3.63) is 22.4 Å². The fourth-order valence-corrected chi connectivity index (χ4v) is 3.89. The SMILES string of the molecule is CCCCN(CCO)C(=O)c1cc2sccc2s1. The maximum atomic E-state index is 12.3. The third kappa shape index (κ3) is 2.91. The second kappa shape index (κ2) is 6.31. The molecule has 1 N–H and O–H groups in total. The monoisotopic (exact) mass is 283 g/mol. The van der Waals surface area contributed by atoms with Crippen molar-refractivity contribution >= 4 is 38.0 Å². The van der Waals surface area contributed by atoms with E-state index in [1.165, 1.54) is 20.7 Å². The lowest BCUT2D eigenvalue weighted by molar-refractivity contribution is 0.0724. The highest BCUT2D eigenvalue weighted by Crippen LogP contribution is 2.30. The van der Waals surface area contributed by atoms with Gasteiger partial charge in [-0.05, 0) is 23.9 Å². The van der Waals surface area contributed by atoms with E-state index in [1.807, 2.05) is 17.5 Å². The third-order valence-electron chi connectivity index (χ3n) is 2.79. The maximum Gasteiger partial charge on any atom is 0.264 e. The summed E-state index contributed by atoms with van der Waals surface area (Å²) in [6, 6.07) is 4.01. The zero-order chi connectivity index (χ0) is 13.0. The van der Waals surface area contributed by atoms with Gasteiger partial charge in [-0.3, -0.25) is 4.79 Å². The number of thiophene rings is 2. The van der Waals surface area contributed by atoms with Gasteiger partial charge in [0.05, 0.1) is 11.5 Å². The summed E-state index contributed by atoms with van der Waals surface area (Å²) >= 11 is 3.20. The van der Waals surface area contributed by atoms with E-state index in [9.17, 15) is 4.79 Å². The van der Waals surface area contributed by atoms with Crippen LogP contribution in [-0.2, 0) is 0 Å². The standard InChI is InChI=1S/C13H17NO2S2/c1-2-3-5-14(6-7-15)13(16)12-9-11-10(18-12)4-8-17-11/h4,8-9,15H,2-3,5-7H2,1H3. The Morgan fingerprint density at radius 2 is 2.22 bits per heavy atom. The van der Waals surface area contributed by atoms with Crippen LogP contribution in [0.4, 0.5) is 0 Å². The van der Waals surface area contributed by atoms with Gasteiger partial charge in [-0.2, -0.15) is 0 Å². The summed E-state index contributed by atoms with van der Waals surface area (Å²) in [5.74, 6) is 0.0471. The largest absolute Gasteiger partial charge is 0.395 e. The van der Waals surface area contributed by atoms with Crippen LogP contribution >= 0.6 is 22.7 Å². The van der Waals surface area contributed by atoms with Gasteiger partial charge in [-0.1, -0.05) is 13.3 Å². The number of rotatable bonds is 6. The number of fused-ring (bicyclic) bond motifs is 1. The van der Waals surface area contributed by atoms with Gasteiger partial charge < -0.3 is 10.0 Å². The first-order valence-corrected chi connectivity index (χ1v) is 7.83. The summed E-state index contributed by atoms with van der Waals surface area (Å²) in [6.45, 7) is 3.27. The average Bonchev–Trinajstić information content (AvgIpc) is 2.94. The predicted molar refractivity (Wildman–Crippen MR) is 77.6 cm³/mol. The molecular weight excluding hydrogens is 266 g/mol. The predicted octanol–water partition coefficient (Wildman–Crippen LogP) is 3.20. The van der Waals surface area contributed by atoms with Crippen molar-refractivity contribution in [2.75, 3.05) is 19.7 Å². The van der Waals surface area contributed by atoms with Gasteiger partial charge in [0.1, 0.15) is 0 Å². The van der Waals surface area contributed by atoms with Crippen molar-refractivity contribution in [1.29, 1.82) is 0 Å². The van der Waals surface area contributed by atoms with E-state index in [2.05, 4.69) is 6.92 Å². The Morgan fingerprint density at radius 3 is 2.89 bits per heavy atom. The van der Waals surface area contributed by atoms with Crippen LogP contribution in [0.15, 0.2) is 17.5 Å². The highest BCUT2D eigenvalue weighted by molar-refractivity contribution is 7.27. The maximum absolute atomic E-state index is 12.3. The second-order valence-electron chi connectivity index (χ2n) is 4.13. The molecule has 0 saturated heterocycles. The topological polar surface area (TPSA) is 40.5 Å². The van der Waals surface area contributed by atoms with Crippen molar-refractivity contribution in [2.45, 2.75) is 19.8 Å². The molecule has 0 atom stereocenters. The molecule has 3 nitrogen and oxygen atoms in total. The quantitative estimate of drug-likeness (QED) is 0.884. The molecule has 0 aliphatic carbocycles. The van der Waals surface area contributed by atoms with Crippen LogP contribution in [-0.4, -0.2) is 35.6 Å². The molecule has 0 saturated carbocycles. The first kappa shape index (κ1) is 13.5. The van der Waals surface area contributed by atoms with Crippen LogP contribution in [0.3, 0.4) is 0 Å². The Bertz CT molecular complexity index is 489. The number of aliphatic hydroxyl groups excluding tert-OH is 1. The summed E-state index contributed by atoms with van der Waals surface area (Å²) in [5, 5.41) is 11.1. The molecule has 0 radical (unpaired) electrons. The lowest BCUT2D eigenvalue weighted by Crippen LogP contribution is -2.33. The second-order valence-corrected chi connectivity index (χ2v) is 6.16. The zero-order valence-electron chi connectivity index (χ0n) is 10.4. The fraction of sp³-hybridized carbons (Fsp3) is 0.462. The molecule has 1 amide bonds. The zero-order valence-corrected chi connectivity index (χ0v) is 12.0. The van der Waals surface area contributed by atoms with E-state index in [0.717, 1.165) is 24.3 Å². The van der Waals surface area contributed by atoms with E-state index in [1.54, 1.807) is 16.2 Å². The number of amides is 1. The van der Waals surface area contributed by atoms with Crippen LogP contribution in [0.25, 0.3) is 9.40 Å². The van der Waals surface area contributed by atoms with Crippen molar-refractivity contribution in [1.82, 2.24) is 4.90 Å². The lowest BCUT2D eigenvalue weighted by Gasteiger charge is -2.20. The minimum atomic E-state index is 0.0230. The molecule has 0 bridgehead atoms. The normalized spacial score (nSPS) is 11.0.